The number of unbranched alkanes of at least 4 members (excludes halogenated alkanes) is 1. The zero-order valence-corrected chi connectivity index (χ0v) is 19.5. The van der Waals surface area contributed by atoms with Crippen LogP contribution < -0.4 is 10.6 Å². The van der Waals surface area contributed by atoms with Gasteiger partial charge in [-0.05, 0) is 54.9 Å². The summed E-state index contributed by atoms with van der Waals surface area (Å²) in [5, 5.41) is 14.5. The highest BCUT2D eigenvalue weighted by Gasteiger charge is 2.30. The Balaban J connectivity index is 1.61. The first-order valence-electron chi connectivity index (χ1n) is 11.6. The fourth-order valence-electron chi connectivity index (χ4n) is 4.30. The molecule has 2 aromatic rings. The van der Waals surface area contributed by atoms with Crippen molar-refractivity contribution in [3.8, 4) is 11.1 Å². The SMILES string of the molecule is C=CCCCC(C)NC(=O)C(CCC(=O)O)NC(=O)OCC1c2ccccc2-c2ccccc21. The predicted molar refractivity (Wildman–Crippen MR) is 131 cm³/mol. The number of aliphatic carboxylic acids is 1. The van der Waals surface area contributed by atoms with Gasteiger partial charge in [-0.15, -0.1) is 6.58 Å². The monoisotopic (exact) mass is 464 g/mol. The van der Waals surface area contributed by atoms with Crippen molar-refractivity contribution in [2.75, 3.05) is 6.61 Å². The third kappa shape index (κ3) is 6.47. The second-order valence-corrected chi connectivity index (χ2v) is 8.58. The van der Waals surface area contributed by atoms with E-state index in [0.29, 0.717) is 0 Å². The van der Waals surface area contributed by atoms with Crippen molar-refractivity contribution >= 4 is 18.0 Å². The molecule has 0 spiro atoms. The number of nitrogens with one attached hydrogen (secondary N) is 2. The van der Waals surface area contributed by atoms with Gasteiger partial charge in [0.1, 0.15) is 12.6 Å². The number of allylic oxidation sites excluding steroid dienone is 1. The second kappa shape index (κ2) is 12.0. The van der Waals surface area contributed by atoms with E-state index in [1.165, 1.54) is 0 Å². The van der Waals surface area contributed by atoms with Crippen LogP contribution in [0.2, 0.25) is 0 Å². The van der Waals surface area contributed by atoms with Crippen LogP contribution in [0.5, 0.6) is 0 Å². The van der Waals surface area contributed by atoms with E-state index in [0.717, 1.165) is 41.5 Å². The topological polar surface area (TPSA) is 105 Å². The Morgan fingerprint density at radius 2 is 1.65 bits per heavy atom. The molecule has 3 N–H and O–H groups in total. The molecule has 0 saturated heterocycles. The highest BCUT2D eigenvalue weighted by atomic mass is 16.5. The standard InChI is InChI=1S/C27H32N2O5/c1-3-4-5-10-18(2)28-26(32)24(15-16-25(30)31)29-27(33)34-17-23-21-13-8-6-11-19(21)20-12-7-9-14-22(20)23/h3,6-9,11-14,18,23-24H,1,4-5,10,15-17H2,2H3,(H,28,32)(H,29,33)(H,30,31). The first-order chi connectivity index (χ1) is 16.4. The fourth-order valence-corrected chi connectivity index (χ4v) is 4.30. The summed E-state index contributed by atoms with van der Waals surface area (Å²) >= 11 is 0. The molecule has 2 atom stereocenters. The Morgan fingerprint density at radius 1 is 1.03 bits per heavy atom. The molecule has 0 bridgehead atoms. The number of ether oxygens (including phenoxy) is 1. The van der Waals surface area contributed by atoms with Crippen molar-refractivity contribution in [3.63, 3.8) is 0 Å². The van der Waals surface area contributed by atoms with Gasteiger partial charge in [0.15, 0.2) is 0 Å². The van der Waals surface area contributed by atoms with Crippen LogP contribution in [0.15, 0.2) is 61.2 Å². The number of fused-ring (bicyclic) bond motifs is 3. The molecule has 34 heavy (non-hydrogen) atoms. The van der Waals surface area contributed by atoms with Crippen LogP contribution in [0, 0.1) is 0 Å². The van der Waals surface area contributed by atoms with Gasteiger partial charge in [0.05, 0.1) is 0 Å². The normalized spacial score (nSPS) is 13.8. The molecule has 1 aliphatic rings. The predicted octanol–water partition coefficient (Wildman–Crippen LogP) is 4.62. The van der Waals surface area contributed by atoms with Crippen LogP contribution >= 0.6 is 0 Å². The third-order valence-electron chi connectivity index (χ3n) is 6.03. The van der Waals surface area contributed by atoms with E-state index >= 15 is 0 Å². The van der Waals surface area contributed by atoms with Gasteiger partial charge in [0, 0.05) is 18.4 Å². The van der Waals surface area contributed by atoms with Gasteiger partial charge < -0.3 is 20.5 Å². The Morgan fingerprint density at radius 3 is 2.24 bits per heavy atom. The van der Waals surface area contributed by atoms with Crippen LogP contribution in [0.3, 0.4) is 0 Å². The van der Waals surface area contributed by atoms with Crippen LogP contribution in [0.1, 0.15) is 56.1 Å². The summed E-state index contributed by atoms with van der Waals surface area (Å²) in [5.74, 6) is -1.55. The molecule has 180 valence electrons. The molecular weight excluding hydrogens is 432 g/mol. The first kappa shape index (κ1) is 25.0. The Labute approximate surface area is 200 Å². The Kier molecular flexibility index (Phi) is 8.85. The number of alkyl carbamates (subject to hydrolysis) is 1. The number of amides is 2. The lowest BCUT2D eigenvalue weighted by molar-refractivity contribution is -0.137. The molecule has 0 heterocycles. The highest BCUT2D eigenvalue weighted by Crippen LogP contribution is 2.44. The van der Waals surface area contributed by atoms with E-state index in [4.69, 9.17) is 9.84 Å². The average Bonchev–Trinajstić information content (AvgIpc) is 3.14. The molecule has 2 unspecified atom stereocenters. The van der Waals surface area contributed by atoms with E-state index in [2.05, 4.69) is 29.3 Å². The molecule has 0 saturated carbocycles. The van der Waals surface area contributed by atoms with Crippen molar-refractivity contribution in [3.05, 3.63) is 72.3 Å². The van der Waals surface area contributed by atoms with E-state index in [1.54, 1.807) is 0 Å². The van der Waals surface area contributed by atoms with Crippen molar-refractivity contribution in [1.82, 2.24) is 10.6 Å². The maximum atomic E-state index is 12.7. The lowest BCUT2D eigenvalue weighted by Crippen LogP contribution is -2.49. The molecule has 1 aliphatic carbocycles. The number of carboxylic acids is 1. The summed E-state index contributed by atoms with van der Waals surface area (Å²) in [4.78, 5) is 36.4. The Bertz CT molecular complexity index is 990. The maximum absolute atomic E-state index is 12.7. The van der Waals surface area contributed by atoms with Crippen molar-refractivity contribution in [2.24, 2.45) is 0 Å². The molecule has 7 heteroatoms. The first-order valence-corrected chi connectivity index (χ1v) is 11.6. The number of carbonyl (C=O) groups is 3. The smallest absolute Gasteiger partial charge is 0.407 e. The number of carbonyl (C=O) groups excluding carboxylic acids is 2. The van der Waals surface area contributed by atoms with Crippen LogP contribution in [0.25, 0.3) is 11.1 Å². The number of benzene rings is 2. The van der Waals surface area contributed by atoms with Gasteiger partial charge in [-0.2, -0.15) is 0 Å². The van der Waals surface area contributed by atoms with E-state index in [-0.39, 0.29) is 31.4 Å². The molecule has 0 fully saturated rings. The summed E-state index contributed by atoms with van der Waals surface area (Å²) in [6.45, 7) is 5.68. The lowest BCUT2D eigenvalue weighted by Gasteiger charge is -2.21. The number of hydrogen-bond acceptors (Lipinski definition) is 4. The van der Waals surface area contributed by atoms with Gasteiger partial charge in [-0.25, -0.2) is 4.79 Å². The van der Waals surface area contributed by atoms with Crippen molar-refractivity contribution < 1.29 is 24.2 Å². The fraction of sp³-hybridized carbons (Fsp3) is 0.370. The minimum atomic E-state index is -1.04. The molecule has 3 rings (SSSR count). The van der Waals surface area contributed by atoms with E-state index in [9.17, 15) is 14.4 Å². The number of rotatable bonds is 12. The van der Waals surface area contributed by atoms with Gasteiger partial charge in [-0.3, -0.25) is 9.59 Å². The summed E-state index contributed by atoms with van der Waals surface area (Å²) in [7, 11) is 0. The highest BCUT2D eigenvalue weighted by molar-refractivity contribution is 5.86. The third-order valence-corrected chi connectivity index (χ3v) is 6.03. The minimum Gasteiger partial charge on any atom is -0.481 e. The number of hydrogen-bond donors (Lipinski definition) is 3. The van der Waals surface area contributed by atoms with Gasteiger partial charge >= 0.3 is 12.1 Å². The zero-order valence-electron chi connectivity index (χ0n) is 19.5. The minimum absolute atomic E-state index is 0.0231. The van der Waals surface area contributed by atoms with Crippen LogP contribution in [0.4, 0.5) is 4.79 Å². The lowest BCUT2D eigenvalue weighted by atomic mass is 9.98. The van der Waals surface area contributed by atoms with E-state index in [1.807, 2.05) is 49.4 Å². The zero-order chi connectivity index (χ0) is 24.5. The molecule has 7 nitrogen and oxygen atoms in total. The molecule has 2 aromatic carbocycles. The van der Waals surface area contributed by atoms with Crippen molar-refractivity contribution in [1.29, 1.82) is 0 Å². The average molecular weight is 465 g/mol. The van der Waals surface area contributed by atoms with Crippen molar-refractivity contribution in [2.45, 2.75) is 57.0 Å². The number of carboxylic acid groups (broad SMARTS) is 1. The van der Waals surface area contributed by atoms with Gasteiger partial charge in [0.2, 0.25) is 5.91 Å². The molecule has 2 amide bonds. The summed E-state index contributed by atoms with van der Waals surface area (Å²) in [5.41, 5.74) is 4.42. The molecule has 0 aromatic heterocycles. The molecular formula is C27H32N2O5. The molecule has 0 radical (unpaired) electrons. The quantitative estimate of drug-likeness (QED) is 0.314. The Hall–Kier alpha value is -3.61. The van der Waals surface area contributed by atoms with Gasteiger partial charge in [-0.1, -0.05) is 54.6 Å². The van der Waals surface area contributed by atoms with Crippen LogP contribution in [-0.2, 0) is 14.3 Å². The maximum Gasteiger partial charge on any atom is 0.407 e. The largest absolute Gasteiger partial charge is 0.481 e. The van der Waals surface area contributed by atoms with Crippen LogP contribution in [-0.4, -0.2) is 41.8 Å². The second-order valence-electron chi connectivity index (χ2n) is 8.58. The molecule has 0 aliphatic heterocycles. The van der Waals surface area contributed by atoms with E-state index < -0.39 is 24.0 Å². The summed E-state index contributed by atoms with van der Waals surface area (Å²) in [6, 6.07) is 14.9. The van der Waals surface area contributed by atoms with Gasteiger partial charge in [0.25, 0.3) is 0 Å². The summed E-state index contributed by atoms with van der Waals surface area (Å²) in [6.07, 6.45) is 3.30. The summed E-state index contributed by atoms with van der Waals surface area (Å²) < 4.78 is 5.52.